The summed E-state index contributed by atoms with van der Waals surface area (Å²) in [5.74, 6) is -0.233. The van der Waals surface area contributed by atoms with Gasteiger partial charge in [0.25, 0.3) is 0 Å². The zero-order valence-corrected chi connectivity index (χ0v) is 7.25. The van der Waals surface area contributed by atoms with Gasteiger partial charge >= 0.3 is 0 Å². The Morgan fingerprint density at radius 3 is 2.42 bits per heavy atom. The standard InChI is InChI=1S/C9H12FNO/c1-3-12-11(2)9-6-4-8(10)5-7-9/h4-7H,3H2,1-2H3. The van der Waals surface area contributed by atoms with E-state index < -0.39 is 0 Å². The van der Waals surface area contributed by atoms with E-state index in [2.05, 4.69) is 0 Å². The molecule has 0 aliphatic carbocycles. The number of halogens is 1. The number of hydrogen-bond donors (Lipinski definition) is 0. The fourth-order valence-corrected chi connectivity index (χ4v) is 0.919. The van der Waals surface area contributed by atoms with Crippen LogP contribution in [-0.2, 0) is 4.84 Å². The summed E-state index contributed by atoms with van der Waals surface area (Å²) >= 11 is 0. The van der Waals surface area contributed by atoms with Crippen LogP contribution in [0, 0.1) is 5.82 Å². The van der Waals surface area contributed by atoms with Gasteiger partial charge in [-0.25, -0.2) is 4.39 Å². The van der Waals surface area contributed by atoms with Gasteiger partial charge in [0.2, 0.25) is 0 Å². The molecule has 66 valence electrons. The van der Waals surface area contributed by atoms with Crippen molar-refractivity contribution in [3.63, 3.8) is 0 Å². The van der Waals surface area contributed by atoms with Crippen LogP contribution in [0.25, 0.3) is 0 Å². The summed E-state index contributed by atoms with van der Waals surface area (Å²) in [6.07, 6.45) is 0. The third-order valence-corrected chi connectivity index (χ3v) is 1.51. The minimum absolute atomic E-state index is 0.233. The number of anilines is 1. The molecular formula is C9H12FNO. The fraction of sp³-hybridized carbons (Fsp3) is 0.333. The third kappa shape index (κ3) is 2.20. The van der Waals surface area contributed by atoms with Gasteiger partial charge in [0.15, 0.2) is 0 Å². The molecule has 12 heavy (non-hydrogen) atoms. The first-order chi connectivity index (χ1) is 5.74. The molecule has 0 spiro atoms. The Hall–Kier alpha value is -1.09. The van der Waals surface area contributed by atoms with Crippen LogP contribution in [0.3, 0.4) is 0 Å². The van der Waals surface area contributed by atoms with E-state index in [-0.39, 0.29) is 5.82 Å². The van der Waals surface area contributed by atoms with E-state index in [1.807, 2.05) is 6.92 Å². The van der Waals surface area contributed by atoms with Crippen LogP contribution in [-0.4, -0.2) is 13.7 Å². The summed E-state index contributed by atoms with van der Waals surface area (Å²) in [5.41, 5.74) is 0.846. The van der Waals surface area contributed by atoms with Crippen LogP contribution in [0.4, 0.5) is 10.1 Å². The SMILES string of the molecule is CCON(C)c1ccc(F)cc1. The van der Waals surface area contributed by atoms with Crippen LogP contribution in [0.2, 0.25) is 0 Å². The van der Waals surface area contributed by atoms with Crippen molar-refractivity contribution in [2.24, 2.45) is 0 Å². The largest absolute Gasteiger partial charge is 0.274 e. The van der Waals surface area contributed by atoms with Crippen LogP contribution in [0.1, 0.15) is 6.92 Å². The van der Waals surface area contributed by atoms with Crippen LogP contribution in [0.15, 0.2) is 24.3 Å². The Labute approximate surface area is 71.5 Å². The van der Waals surface area contributed by atoms with Gasteiger partial charge in [-0.2, -0.15) is 0 Å². The second-order valence-corrected chi connectivity index (χ2v) is 2.39. The molecule has 0 saturated heterocycles. The van der Waals surface area contributed by atoms with E-state index in [0.29, 0.717) is 6.61 Å². The lowest BCUT2D eigenvalue weighted by atomic mass is 10.3. The number of benzene rings is 1. The van der Waals surface area contributed by atoms with Gasteiger partial charge in [0, 0.05) is 7.05 Å². The Kier molecular flexibility index (Phi) is 3.05. The molecule has 0 aliphatic heterocycles. The molecule has 1 aromatic rings. The predicted molar refractivity (Wildman–Crippen MR) is 46.4 cm³/mol. The highest BCUT2D eigenvalue weighted by atomic mass is 19.1. The van der Waals surface area contributed by atoms with E-state index in [9.17, 15) is 4.39 Å². The van der Waals surface area contributed by atoms with Crippen LogP contribution < -0.4 is 5.06 Å². The quantitative estimate of drug-likeness (QED) is 0.643. The molecule has 0 fully saturated rings. The Morgan fingerprint density at radius 1 is 1.33 bits per heavy atom. The maximum Gasteiger partial charge on any atom is 0.123 e. The Bertz CT molecular complexity index is 235. The van der Waals surface area contributed by atoms with Gasteiger partial charge in [-0.3, -0.25) is 9.90 Å². The number of hydroxylamine groups is 1. The first-order valence-electron chi connectivity index (χ1n) is 3.86. The smallest absolute Gasteiger partial charge is 0.123 e. The Balaban J connectivity index is 2.68. The molecule has 2 nitrogen and oxygen atoms in total. The van der Waals surface area contributed by atoms with Crippen LogP contribution >= 0.6 is 0 Å². The van der Waals surface area contributed by atoms with Gasteiger partial charge in [0.05, 0.1) is 12.3 Å². The molecule has 1 aromatic carbocycles. The lowest BCUT2D eigenvalue weighted by molar-refractivity contribution is 0.135. The van der Waals surface area contributed by atoms with Crippen molar-refractivity contribution in [2.45, 2.75) is 6.92 Å². The van der Waals surface area contributed by atoms with Crippen molar-refractivity contribution in [1.29, 1.82) is 0 Å². The van der Waals surface area contributed by atoms with Crippen molar-refractivity contribution >= 4 is 5.69 Å². The summed E-state index contributed by atoms with van der Waals surface area (Å²) in [4.78, 5) is 5.18. The number of rotatable bonds is 3. The van der Waals surface area contributed by atoms with Crippen LogP contribution in [0.5, 0.6) is 0 Å². The average molecular weight is 169 g/mol. The zero-order chi connectivity index (χ0) is 8.97. The third-order valence-electron chi connectivity index (χ3n) is 1.51. The van der Waals surface area contributed by atoms with Crippen molar-refractivity contribution in [3.05, 3.63) is 30.1 Å². The number of nitrogens with zero attached hydrogens (tertiary/aromatic N) is 1. The first-order valence-corrected chi connectivity index (χ1v) is 3.86. The van der Waals surface area contributed by atoms with E-state index in [1.165, 1.54) is 12.1 Å². The first kappa shape index (κ1) is 9.00. The number of hydrogen-bond acceptors (Lipinski definition) is 2. The van der Waals surface area contributed by atoms with Gasteiger partial charge in [-0.05, 0) is 31.2 Å². The van der Waals surface area contributed by atoms with Gasteiger partial charge in [0.1, 0.15) is 5.82 Å². The molecule has 1 rings (SSSR count). The maximum absolute atomic E-state index is 12.5. The molecule has 0 unspecified atom stereocenters. The van der Waals surface area contributed by atoms with Gasteiger partial charge in [-0.15, -0.1) is 0 Å². The maximum atomic E-state index is 12.5. The highest BCUT2D eigenvalue weighted by molar-refractivity contribution is 5.42. The average Bonchev–Trinajstić information content (AvgIpc) is 2.06. The molecule has 0 N–H and O–H groups in total. The molecule has 0 radical (unpaired) electrons. The highest BCUT2D eigenvalue weighted by Crippen LogP contribution is 2.12. The Morgan fingerprint density at radius 2 is 1.92 bits per heavy atom. The minimum atomic E-state index is -0.233. The molecule has 0 bridgehead atoms. The van der Waals surface area contributed by atoms with Crippen molar-refractivity contribution in [1.82, 2.24) is 0 Å². The van der Waals surface area contributed by atoms with E-state index in [4.69, 9.17) is 4.84 Å². The fourth-order valence-electron chi connectivity index (χ4n) is 0.919. The lowest BCUT2D eigenvalue weighted by Gasteiger charge is -2.17. The molecule has 0 saturated carbocycles. The molecule has 3 heteroatoms. The molecule has 0 amide bonds. The summed E-state index contributed by atoms with van der Waals surface area (Å²) in [5, 5.41) is 1.61. The second kappa shape index (κ2) is 4.07. The molecule has 0 atom stereocenters. The van der Waals surface area contributed by atoms with E-state index in [0.717, 1.165) is 5.69 Å². The molecular weight excluding hydrogens is 157 g/mol. The van der Waals surface area contributed by atoms with Crippen molar-refractivity contribution < 1.29 is 9.23 Å². The monoisotopic (exact) mass is 169 g/mol. The predicted octanol–water partition coefficient (Wildman–Crippen LogP) is 2.21. The van der Waals surface area contributed by atoms with Gasteiger partial charge in [-0.1, -0.05) is 0 Å². The van der Waals surface area contributed by atoms with Crippen molar-refractivity contribution in [2.75, 3.05) is 18.7 Å². The molecule has 0 heterocycles. The molecule has 0 aliphatic rings. The summed E-state index contributed by atoms with van der Waals surface area (Å²) < 4.78 is 12.5. The summed E-state index contributed by atoms with van der Waals surface area (Å²) in [6.45, 7) is 2.51. The lowest BCUT2D eigenvalue weighted by Crippen LogP contribution is -2.17. The second-order valence-electron chi connectivity index (χ2n) is 2.39. The summed E-state index contributed by atoms with van der Waals surface area (Å²) in [6, 6.07) is 6.16. The normalized spacial score (nSPS) is 9.92. The van der Waals surface area contributed by atoms with Crippen molar-refractivity contribution in [3.8, 4) is 0 Å². The van der Waals surface area contributed by atoms with E-state index in [1.54, 1.807) is 24.2 Å². The zero-order valence-electron chi connectivity index (χ0n) is 7.25. The highest BCUT2D eigenvalue weighted by Gasteiger charge is 1.98. The van der Waals surface area contributed by atoms with Gasteiger partial charge < -0.3 is 0 Å². The minimum Gasteiger partial charge on any atom is -0.274 e. The van der Waals surface area contributed by atoms with E-state index >= 15 is 0 Å². The topological polar surface area (TPSA) is 12.5 Å². The molecule has 0 aromatic heterocycles. The summed E-state index contributed by atoms with van der Waals surface area (Å²) in [7, 11) is 1.79.